The molecular weight excluding hydrogens is 794 g/mol. The minimum Gasteiger partial charge on any atom is -0.459 e. The van der Waals surface area contributed by atoms with Crippen molar-refractivity contribution in [2.24, 2.45) is 17.8 Å². The normalized spacial score (nSPS) is 41.1. The monoisotopic (exact) mass is 868 g/mol. The van der Waals surface area contributed by atoms with Crippen LogP contribution in [0.2, 0.25) is 0 Å². The number of rotatable bonds is 11. The van der Waals surface area contributed by atoms with Crippen molar-refractivity contribution in [2.75, 3.05) is 20.7 Å². The van der Waals surface area contributed by atoms with E-state index in [1.807, 2.05) is 32.7 Å². The van der Waals surface area contributed by atoms with Gasteiger partial charge < -0.3 is 53.4 Å². The van der Waals surface area contributed by atoms with Crippen LogP contribution in [-0.4, -0.2) is 144 Å². The fourth-order valence-electron chi connectivity index (χ4n) is 8.73. The number of likely N-dealkylation sites (N-methyl/N-ethyl adjacent to an activating group) is 1. The molecule has 61 heavy (non-hydrogen) atoms. The number of carbonyl (C=O) groups is 4. The van der Waals surface area contributed by atoms with Crippen LogP contribution in [0.3, 0.4) is 0 Å². The lowest BCUT2D eigenvalue weighted by Gasteiger charge is -2.47. The Kier molecular flexibility index (Phi) is 19.6. The summed E-state index contributed by atoms with van der Waals surface area (Å²) in [6.45, 7) is 20.9. The predicted molar refractivity (Wildman–Crippen MR) is 221 cm³/mol. The number of aliphatic hydroxyl groups is 2. The van der Waals surface area contributed by atoms with E-state index >= 15 is 0 Å². The van der Waals surface area contributed by atoms with Gasteiger partial charge in [-0.3, -0.25) is 19.3 Å². The van der Waals surface area contributed by atoms with Gasteiger partial charge in [0.1, 0.15) is 23.4 Å². The minimum absolute atomic E-state index is 0.0856. The maximum Gasteiger partial charge on any atom is 0.330 e. The quantitative estimate of drug-likeness (QED) is 0.153. The first-order valence-corrected chi connectivity index (χ1v) is 21.8. The number of nitrogens with one attached hydrogen (secondary N) is 1. The Morgan fingerprint density at radius 1 is 1.07 bits per heavy atom. The van der Waals surface area contributed by atoms with Gasteiger partial charge in [0.2, 0.25) is 5.91 Å². The maximum absolute atomic E-state index is 14.3. The Labute approximate surface area is 362 Å². The van der Waals surface area contributed by atoms with Crippen LogP contribution in [-0.2, 0) is 57.1 Å². The van der Waals surface area contributed by atoms with E-state index in [-0.39, 0.29) is 31.8 Å². The number of aliphatic hydroxyl groups excluding tert-OH is 1. The highest BCUT2D eigenvalue weighted by molar-refractivity contribution is 5.84. The predicted octanol–water partition coefficient (Wildman–Crippen LogP) is 3.71. The molecule has 3 saturated heterocycles. The van der Waals surface area contributed by atoms with Crippen molar-refractivity contribution in [1.29, 1.82) is 5.26 Å². The molecule has 0 saturated carbocycles. The average Bonchev–Trinajstić information content (AvgIpc) is 3.21. The Balaban J connectivity index is 2.14. The molecule has 17 atom stereocenters. The first kappa shape index (κ1) is 52.1. The molecule has 0 aromatic heterocycles. The number of nitriles is 1. The first-order valence-electron chi connectivity index (χ1n) is 21.8. The summed E-state index contributed by atoms with van der Waals surface area (Å²) in [5.41, 5.74) is -3.11. The SMILES string of the molecule is C=CC(=O)O[C@H]1[C@H](C)O[C@@H](O[C@H]2[C@H](C)[C@H](C)O[C@@H]3O[C@H](C)C[C@H](N(C)CCC#N)[C@H]3OC(=O)C[C@H](CCC)C(=O)N[C@H](C)[C@@H](O)[C@](C)(O)[C@@H](CC)OC(=O)[C@@H]2C)C[C@@]1(C)OC. The fraction of sp³-hybridized carbons (Fsp3) is 0.841. The zero-order valence-corrected chi connectivity index (χ0v) is 38.3. The van der Waals surface area contributed by atoms with E-state index in [0.29, 0.717) is 25.8 Å². The summed E-state index contributed by atoms with van der Waals surface area (Å²) in [5, 5.41) is 35.5. The Hall–Kier alpha value is -3.21. The first-order chi connectivity index (χ1) is 28.6. The highest BCUT2D eigenvalue weighted by Crippen LogP contribution is 2.38. The maximum atomic E-state index is 14.3. The molecule has 3 heterocycles. The molecule has 0 unspecified atom stereocenters. The standard InChI is InChI=1S/C44H73N3O14/c1-14-18-30-22-34(49)59-37-31(47(12)20-17-19-45)21-24(4)55-42(37)57-28(8)25(5)36(61-35-23-43(10,54-13)39(29(9)56-35)60-33(48)16-3)26(6)41(52)58-32(15-2)44(11,53)38(50)27(7)46-40(30)51/h16,24-32,35-39,42,50,53H,3,14-15,17-18,20-23H2,1-2,4-13H3,(H,46,51)/t24-,25-,26-,27-,28+,29+,30+,31+,32-,35+,36+,37-,38-,39+,42+,43-,44-/m1/s1. The second kappa shape index (κ2) is 22.9. The number of fused-ring (bicyclic) bond motifs is 1. The number of amides is 1. The molecule has 3 aliphatic heterocycles. The third-order valence-electron chi connectivity index (χ3n) is 12.8. The van der Waals surface area contributed by atoms with Crippen LogP contribution in [0.1, 0.15) is 114 Å². The highest BCUT2D eigenvalue weighted by atomic mass is 16.7. The van der Waals surface area contributed by atoms with Crippen LogP contribution in [0.4, 0.5) is 0 Å². The lowest BCUT2D eigenvalue weighted by molar-refractivity contribution is -0.307. The zero-order chi connectivity index (χ0) is 46.0. The summed E-state index contributed by atoms with van der Waals surface area (Å²) >= 11 is 0. The molecule has 3 rings (SSSR count). The van der Waals surface area contributed by atoms with Gasteiger partial charge in [-0.25, -0.2) is 4.79 Å². The molecule has 1 amide bonds. The summed E-state index contributed by atoms with van der Waals surface area (Å²) in [7, 11) is 3.32. The molecule has 17 nitrogen and oxygen atoms in total. The van der Waals surface area contributed by atoms with Gasteiger partial charge in [0.05, 0.1) is 54.9 Å². The molecule has 0 aliphatic carbocycles. The van der Waals surface area contributed by atoms with Crippen molar-refractivity contribution in [3.05, 3.63) is 12.7 Å². The molecule has 3 aliphatic rings. The number of methoxy groups -OCH3 is 1. The number of cyclic esters (lactones) is 1. The van der Waals surface area contributed by atoms with E-state index in [9.17, 15) is 34.7 Å². The molecule has 3 fully saturated rings. The van der Waals surface area contributed by atoms with E-state index in [2.05, 4.69) is 18.0 Å². The lowest BCUT2D eigenvalue weighted by atomic mass is 9.85. The second-order valence-electron chi connectivity index (χ2n) is 17.6. The van der Waals surface area contributed by atoms with Crippen LogP contribution in [0.25, 0.3) is 0 Å². The average molecular weight is 868 g/mol. The molecule has 0 aromatic rings. The van der Waals surface area contributed by atoms with Crippen molar-refractivity contribution in [3.8, 4) is 6.07 Å². The van der Waals surface area contributed by atoms with Crippen molar-refractivity contribution in [3.63, 3.8) is 0 Å². The molecule has 0 spiro atoms. The molecule has 0 aromatic carbocycles. The zero-order valence-electron chi connectivity index (χ0n) is 38.3. The summed E-state index contributed by atoms with van der Waals surface area (Å²) in [6.07, 6.45) is -6.99. The summed E-state index contributed by atoms with van der Waals surface area (Å²) in [4.78, 5) is 56.1. The van der Waals surface area contributed by atoms with Gasteiger partial charge in [-0.2, -0.15) is 5.26 Å². The molecule has 3 N–H and O–H groups in total. The number of esters is 3. The van der Waals surface area contributed by atoms with Gasteiger partial charge in [-0.05, 0) is 74.8 Å². The van der Waals surface area contributed by atoms with E-state index in [1.54, 1.807) is 34.6 Å². The van der Waals surface area contributed by atoms with Gasteiger partial charge in [0, 0.05) is 44.4 Å². The van der Waals surface area contributed by atoms with Crippen LogP contribution in [0, 0.1) is 29.1 Å². The topological polar surface area (TPSA) is 222 Å². The van der Waals surface area contributed by atoms with E-state index in [0.717, 1.165) is 6.08 Å². The number of hydrogen-bond donors (Lipinski definition) is 3. The summed E-state index contributed by atoms with van der Waals surface area (Å²) < 4.78 is 49.8. The van der Waals surface area contributed by atoms with Gasteiger partial charge in [-0.15, -0.1) is 0 Å². The van der Waals surface area contributed by atoms with E-state index in [4.69, 9.17) is 37.9 Å². The number of hydrogen-bond acceptors (Lipinski definition) is 16. The van der Waals surface area contributed by atoms with Crippen molar-refractivity contribution >= 4 is 23.8 Å². The third kappa shape index (κ3) is 13.2. The summed E-state index contributed by atoms with van der Waals surface area (Å²) in [5.74, 6) is -5.06. The molecule has 348 valence electrons. The molecular formula is C44H73N3O14. The number of carbonyl (C=O) groups excluding carboxylic acids is 4. The van der Waals surface area contributed by atoms with E-state index < -0.39 is 120 Å². The largest absolute Gasteiger partial charge is 0.459 e. The number of nitrogens with zero attached hydrogens (tertiary/aromatic N) is 2. The highest BCUT2D eigenvalue weighted by Gasteiger charge is 2.52. The van der Waals surface area contributed by atoms with Crippen molar-refractivity contribution < 1.29 is 67.3 Å². The fourth-order valence-corrected chi connectivity index (χ4v) is 8.73. The van der Waals surface area contributed by atoms with Crippen molar-refractivity contribution in [1.82, 2.24) is 10.2 Å². The van der Waals surface area contributed by atoms with Crippen molar-refractivity contribution in [2.45, 2.75) is 199 Å². The van der Waals surface area contributed by atoms with Gasteiger partial charge in [-0.1, -0.05) is 33.8 Å². The van der Waals surface area contributed by atoms with Gasteiger partial charge >= 0.3 is 17.9 Å². The van der Waals surface area contributed by atoms with Crippen LogP contribution >= 0.6 is 0 Å². The van der Waals surface area contributed by atoms with Crippen LogP contribution < -0.4 is 5.32 Å². The Morgan fingerprint density at radius 3 is 2.33 bits per heavy atom. The minimum atomic E-state index is -2.03. The van der Waals surface area contributed by atoms with Crippen LogP contribution in [0.5, 0.6) is 0 Å². The van der Waals surface area contributed by atoms with Crippen LogP contribution in [0.15, 0.2) is 12.7 Å². The number of ether oxygens (including phenoxy) is 8. The smallest absolute Gasteiger partial charge is 0.330 e. The molecule has 17 heteroatoms. The molecule has 0 radical (unpaired) electrons. The second-order valence-corrected chi connectivity index (χ2v) is 17.6. The van der Waals surface area contributed by atoms with Gasteiger partial charge in [0.25, 0.3) is 0 Å². The van der Waals surface area contributed by atoms with E-state index in [1.165, 1.54) is 21.0 Å². The third-order valence-corrected chi connectivity index (χ3v) is 12.8. The molecule has 0 bridgehead atoms. The lowest BCUT2D eigenvalue weighted by Crippen LogP contribution is -2.60. The van der Waals surface area contributed by atoms with Gasteiger partial charge in [0.15, 0.2) is 24.8 Å². The summed E-state index contributed by atoms with van der Waals surface area (Å²) in [6, 6.07) is 0.705. The Morgan fingerprint density at radius 2 is 1.74 bits per heavy atom. The Bertz CT molecular complexity index is 1520.